The van der Waals surface area contributed by atoms with Crippen LogP contribution in [0.25, 0.3) is 11.4 Å². The van der Waals surface area contributed by atoms with E-state index < -0.39 is 0 Å². The highest BCUT2D eigenvalue weighted by Gasteiger charge is 2.20. The molecule has 3 rings (SSSR count). The Hall–Kier alpha value is -1.52. The van der Waals surface area contributed by atoms with Crippen LogP contribution in [-0.2, 0) is 6.42 Å². The van der Waals surface area contributed by atoms with E-state index in [0.717, 1.165) is 23.2 Å². The summed E-state index contributed by atoms with van der Waals surface area (Å²) >= 11 is 12.4. The number of aromatic nitrogens is 2. The predicted octanol–water partition coefficient (Wildman–Crippen LogP) is 4.05. The summed E-state index contributed by atoms with van der Waals surface area (Å²) in [6, 6.07) is 3.57. The summed E-state index contributed by atoms with van der Waals surface area (Å²) < 4.78 is 10.6. The summed E-state index contributed by atoms with van der Waals surface area (Å²) in [7, 11) is 0. The van der Waals surface area contributed by atoms with Gasteiger partial charge in [-0.1, -0.05) is 30.1 Å². The lowest BCUT2D eigenvalue weighted by molar-refractivity contribution is 0.174. The van der Waals surface area contributed by atoms with Crippen molar-refractivity contribution in [3.8, 4) is 22.9 Å². The predicted molar refractivity (Wildman–Crippen MR) is 77.7 cm³/mol. The number of ether oxygens (including phenoxy) is 2. The highest BCUT2D eigenvalue weighted by molar-refractivity contribution is 6.32. The van der Waals surface area contributed by atoms with E-state index in [0.29, 0.717) is 27.5 Å². The fourth-order valence-electron chi connectivity index (χ4n) is 2.19. The average molecular weight is 311 g/mol. The largest absolute Gasteiger partial charge is 0.454 e. The molecule has 1 aliphatic rings. The van der Waals surface area contributed by atoms with Crippen LogP contribution in [0.3, 0.4) is 0 Å². The van der Waals surface area contributed by atoms with Crippen molar-refractivity contribution in [2.45, 2.75) is 20.3 Å². The molecule has 0 bridgehead atoms. The third-order valence-electron chi connectivity index (χ3n) is 3.20. The molecule has 0 amide bonds. The van der Waals surface area contributed by atoms with Crippen LogP contribution in [0.1, 0.15) is 18.2 Å². The Bertz CT molecular complexity index is 666. The molecule has 1 aliphatic heterocycles. The smallest absolute Gasteiger partial charge is 0.231 e. The normalized spacial score (nSPS) is 12.8. The van der Waals surface area contributed by atoms with Crippen molar-refractivity contribution in [2.24, 2.45) is 0 Å². The van der Waals surface area contributed by atoms with Crippen LogP contribution in [-0.4, -0.2) is 16.8 Å². The Morgan fingerprint density at radius 3 is 2.70 bits per heavy atom. The maximum Gasteiger partial charge on any atom is 0.231 e. The lowest BCUT2D eigenvalue weighted by atomic mass is 10.1. The minimum absolute atomic E-state index is 0.175. The zero-order valence-electron chi connectivity index (χ0n) is 11.0. The van der Waals surface area contributed by atoms with Gasteiger partial charge >= 0.3 is 0 Å². The van der Waals surface area contributed by atoms with E-state index in [1.807, 2.05) is 19.9 Å². The number of hydrogen-bond acceptors (Lipinski definition) is 4. The summed E-state index contributed by atoms with van der Waals surface area (Å²) in [6.07, 6.45) is 0.798. The summed E-state index contributed by atoms with van der Waals surface area (Å²) in [5, 5.41) is 0.954. The SMILES string of the molecule is CCc1c(C)nc(-c2cc(Cl)c3c(c2)OCO3)nc1Cl. The Balaban J connectivity index is 2.12. The standard InChI is InChI=1S/C14H12Cl2N2O2/c1-3-9-7(2)17-14(18-13(9)16)8-4-10(15)12-11(5-8)19-6-20-12/h4-5H,3,6H2,1-2H3. The zero-order valence-corrected chi connectivity index (χ0v) is 12.5. The van der Waals surface area contributed by atoms with Crippen LogP contribution in [0.15, 0.2) is 12.1 Å². The molecule has 0 atom stereocenters. The van der Waals surface area contributed by atoms with E-state index in [4.69, 9.17) is 32.7 Å². The quantitative estimate of drug-likeness (QED) is 0.785. The molecule has 0 radical (unpaired) electrons. The number of rotatable bonds is 2. The van der Waals surface area contributed by atoms with Gasteiger partial charge in [0.05, 0.1) is 5.02 Å². The van der Waals surface area contributed by atoms with Gasteiger partial charge in [-0.05, 0) is 25.5 Å². The molecule has 20 heavy (non-hydrogen) atoms. The highest BCUT2D eigenvalue weighted by Crippen LogP contribution is 2.42. The fourth-order valence-corrected chi connectivity index (χ4v) is 2.80. The Morgan fingerprint density at radius 2 is 2.00 bits per heavy atom. The van der Waals surface area contributed by atoms with Crippen LogP contribution >= 0.6 is 23.2 Å². The second-order valence-corrected chi connectivity index (χ2v) is 5.21. The second-order valence-electron chi connectivity index (χ2n) is 4.45. The van der Waals surface area contributed by atoms with Crippen molar-refractivity contribution in [2.75, 3.05) is 6.79 Å². The molecule has 0 aliphatic carbocycles. The van der Waals surface area contributed by atoms with Crippen LogP contribution in [0, 0.1) is 6.92 Å². The maximum atomic E-state index is 6.20. The van der Waals surface area contributed by atoms with Crippen molar-refractivity contribution in [3.63, 3.8) is 0 Å². The second kappa shape index (κ2) is 5.11. The maximum absolute atomic E-state index is 6.20. The molecule has 0 spiro atoms. The first kappa shape index (κ1) is 13.5. The van der Waals surface area contributed by atoms with E-state index in [-0.39, 0.29) is 6.79 Å². The number of hydrogen-bond donors (Lipinski definition) is 0. The van der Waals surface area contributed by atoms with Crippen molar-refractivity contribution >= 4 is 23.2 Å². The first-order chi connectivity index (χ1) is 9.60. The van der Waals surface area contributed by atoms with E-state index in [9.17, 15) is 0 Å². The molecular formula is C14H12Cl2N2O2. The van der Waals surface area contributed by atoms with Gasteiger partial charge in [0.1, 0.15) is 5.15 Å². The number of halogens is 2. The molecule has 6 heteroatoms. The number of fused-ring (bicyclic) bond motifs is 1. The molecule has 1 aromatic carbocycles. The van der Waals surface area contributed by atoms with E-state index in [2.05, 4.69) is 9.97 Å². The van der Waals surface area contributed by atoms with Gasteiger partial charge in [-0.25, -0.2) is 9.97 Å². The van der Waals surface area contributed by atoms with Crippen molar-refractivity contribution in [1.82, 2.24) is 9.97 Å². The summed E-state index contributed by atoms with van der Waals surface area (Å²) in [4.78, 5) is 8.83. The van der Waals surface area contributed by atoms with Gasteiger partial charge in [-0.3, -0.25) is 0 Å². The van der Waals surface area contributed by atoms with Crippen molar-refractivity contribution in [1.29, 1.82) is 0 Å². The van der Waals surface area contributed by atoms with E-state index in [1.54, 1.807) is 6.07 Å². The fraction of sp³-hybridized carbons (Fsp3) is 0.286. The lowest BCUT2D eigenvalue weighted by Crippen LogP contribution is -1.99. The van der Waals surface area contributed by atoms with Gasteiger partial charge in [-0.15, -0.1) is 0 Å². The van der Waals surface area contributed by atoms with Gasteiger partial charge in [0.25, 0.3) is 0 Å². The van der Waals surface area contributed by atoms with Gasteiger partial charge in [0.2, 0.25) is 6.79 Å². The van der Waals surface area contributed by atoms with Gasteiger partial charge in [0.15, 0.2) is 17.3 Å². The van der Waals surface area contributed by atoms with Gasteiger partial charge in [-0.2, -0.15) is 0 Å². The number of aryl methyl sites for hydroxylation is 1. The van der Waals surface area contributed by atoms with Crippen LogP contribution in [0.5, 0.6) is 11.5 Å². The Labute approximate surface area is 126 Å². The molecule has 0 fully saturated rings. The van der Waals surface area contributed by atoms with E-state index >= 15 is 0 Å². The average Bonchev–Trinajstić information content (AvgIpc) is 2.87. The molecular weight excluding hydrogens is 299 g/mol. The Kier molecular flexibility index (Phi) is 3.44. The summed E-state index contributed by atoms with van der Waals surface area (Å²) in [5.74, 6) is 1.69. The summed E-state index contributed by atoms with van der Waals surface area (Å²) in [5.41, 5.74) is 2.59. The highest BCUT2D eigenvalue weighted by atomic mass is 35.5. The molecule has 0 N–H and O–H groups in total. The molecule has 0 saturated heterocycles. The van der Waals surface area contributed by atoms with Crippen LogP contribution < -0.4 is 9.47 Å². The molecule has 104 valence electrons. The van der Waals surface area contributed by atoms with Gasteiger partial charge in [0, 0.05) is 16.8 Å². The van der Waals surface area contributed by atoms with E-state index in [1.165, 1.54) is 0 Å². The van der Waals surface area contributed by atoms with Gasteiger partial charge < -0.3 is 9.47 Å². The molecule has 0 saturated carbocycles. The Morgan fingerprint density at radius 1 is 1.20 bits per heavy atom. The number of nitrogens with zero attached hydrogens (tertiary/aromatic N) is 2. The third kappa shape index (κ3) is 2.19. The summed E-state index contributed by atoms with van der Waals surface area (Å²) in [6.45, 7) is 4.12. The van der Waals surface area contributed by atoms with Crippen molar-refractivity contribution < 1.29 is 9.47 Å². The first-order valence-corrected chi connectivity index (χ1v) is 6.98. The molecule has 0 unspecified atom stereocenters. The van der Waals surface area contributed by atoms with Crippen molar-refractivity contribution in [3.05, 3.63) is 33.6 Å². The third-order valence-corrected chi connectivity index (χ3v) is 3.80. The molecule has 2 aromatic rings. The topological polar surface area (TPSA) is 44.2 Å². The molecule has 1 aromatic heterocycles. The minimum atomic E-state index is 0.175. The molecule has 2 heterocycles. The first-order valence-electron chi connectivity index (χ1n) is 6.22. The monoisotopic (exact) mass is 310 g/mol. The minimum Gasteiger partial charge on any atom is -0.454 e. The van der Waals surface area contributed by atoms with Crippen LogP contribution in [0.2, 0.25) is 10.2 Å². The van der Waals surface area contributed by atoms with Crippen LogP contribution in [0.4, 0.5) is 0 Å². The zero-order chi connectivity index (χ0) is 14.3. The number of benzene rings is 1. The lowest BCUT2D eigenvalue weighted by Gasteiger charge is -2.09. The molecule has 4 nitrogen and oxygen atoms in total.